The second kappa shape index (κ2) is 36.8. The van der Waals surface area contributed by atoms with E-state index < -0.39 is 96.1 Å². The Morgan fingerprint density at radius 3 is 1.40 bits per heavy atom. The summed E-state index contributed by atoms with van der Waals surface area (Å²) in [5, 5.41) is 0. The minimum Gasteiger partial charge on any atom is -0.459 e. The van der Waals surface area contributed by atoms with Crippen molar-refractivity contribution in [2.24, 2.45) is 86.8 Å². The van der Waals surface area contributed by atoms with Crippen LogP contribution in [0.5, 0.6) is 0 Å². The Morgan fingerprint density at radius 2 is 0.941 bits per heavy atom. The molecule has 11 aliphatic carbocycles. The third kappa shape index (κ3) is 20.7. The van der Waals surface area contributed by atoms with Crippen LogP contribution in [-0.2, 0) is 76.1 Å². The van der Waals surface area contributed by atoms with Gasteiger partial charge in [-0.1, -0.05) is 108 Å². The smallest absolute Gasteiger partial charge is 0.459 e. The number of ether oxygens (including phenoxy) is 10. The highest BCUT2D eigenvalue weighted by Crippen LogP contribution is 2.65. The van der Waals surface area contributed by atoms with Gasteiger partial charge in [0.25, 0.3) is 0 Å². The highest BCUT2D eigenvalue weighted by atomic mass is 19.3. The highest BCUT2D eigenvalue weighted by molar-refractivity contribution is 5.80. The third-order valence-electron chi connectivity index (χ3n) is 24.7. The molecule has 7 unspecified atom stereocenters. The molecule has 0 aromatic carbocycles. The molecule has 7 atom stereocenters. The Kier molecular flexibility index (Phi) is 35.3. The van der Waals surface area contributed by atoms with Crippen molar-refractivity contribution in [1.29, 1.82) is 0 Å². The van der Waals surface area contributed by atoms with Gasteiger partial charge in [0.1, 0.15) is 42.2 Å². The number of fused-ring (bicyclic) bond motifs is 1. The van der Waals surface area contributed by atoms with Gasteiger partial charge >= 0.3 is 53.8 Å². The molecule has 14 rings (SSSR count). The van der Waals surface area contributed by atoms with E-state index >= 15 is 0 Å². The molecule has 3 saturated heterocycles. The van der Waals surface area contributed by atoms with E-state index in [0.29, 0.717) is 55.8 Å². The van der Waals surface area contributed by atoms with Crippen LogP contribution in [-0.4, -0.2) is 115 Å². The van der Waals surface area contributed by atoms with E-state index in [1.807, 2.05) is 48.5 Å². The molecule has 0 amide bonds. The van der Waals surface area contributed by atoms with Crippen LogP contribution in [0, 0.1) is 86.8 Å². The fourth-order valence-electron chi connectivity index (χ4n) is 17.5. The van der Waals surface area contributed by atoms with Gasteiger partial charge in [-0.25, -0.2) is 9.59 Å². The summed E-state index contributed by atoms with van der Waals surface area (Å²) in [7, 11) is 0. The number of esters is 6. The molecular weight excluding hydrogens is 1310 g/mol. The summed E-state index contributed by atoms with van der Waals surface area (Å²) in [6.07, 6.45) is 18.7. The fraction of sp³-hybridized carbons (Fsp3) is 0.912. The molecule has 11 saturated carbocycles. The van der Waals surface area contributed by atoms with E-state index in [-0.39, 0.29) is 143 Å². The Hall–Kier alpha value is -4.27. The topological polar surface area (TPSA) is 212 Å². The van der Waals surface area contributed by atoms with Crippen LogP contribution in [0.4, 0.5) is 22.4 Å². The number of carbonyl (C=O) groups excluding carboxylic acids is 7. The van der Waals surface area contributed by atoms with E-state index in [9.17, 15) is 51.1 Å². The molecule has 0 N–H and O–H groups in total. The monoisotopic (exact) mass is 1450 g/mol. The van der Waals surface area contributed by atoms with Gasteiger partial charge in [-0.2, -0.15) is 17.6 Å². The molecule has 17 nitrogen and oxygen atoms in total. The molecule has 3 aliphatic heterocycles. The summed E-state index contributed by atoms with van der Waals surface area (Å²) in [6, 6.07) is 0. The Bertz CT molecular complexity index is 2620. The van der Waals surface area contributed by atoms with Gasteiger partial charge in [0.15, 0.2) is 12.4 Å². The first-order valence-corrected chi connectivity index (χ1v) is 35.4. The average Bonchev–Trinajstić information content (AvgIpc) is 1.54. The van der Waals surface area contributed by atoms with Crippen molar-refractivity contribution in [3.63, 3.8) is 0 Å². The first-order chi connectivity index (χ1) is 43.3. The maximum atomic E-state index is 13.9. The largest absolute Gasteiger partial charge is 0.511 e. The molecular formula is C80H144F4O17. The Morgan fingerprint density at radius 1 is 0.505 bits per heavy atom. The number of carbonyl (C=O) groups is 7. The van der Waals surface area contributed by atoms with Crippen molar-refractivity contribution < 1.29 is 98.5 Å². The Labute approximate surface area is 608 Å². The molecule has 21 heteroatoms. The Balaban J connectivity index is 0.00000133. The normalized spacial score (nSPS) is 31.5. The zero-order valence-corrected chi connectivity index (χ0v) is 58.5. The average molecular weight is 1450 g/mol. The van der Waals surface area contributed by atoms with Gasteiger partial charge in [0.05, 0.1) is 27.6 Å². The summed E-state index contributed by atoms with van der Waals surface area (Å²) in [4.78, 5) is 85.1. The van der Waals surface area contributed by atoms with Gasteiger partial charge in [-0.05, 0) is 244 Å². The minimum absolute atomic E-state index is 0. The van der Waals surface area contributed by atoms with E-state index in [2.05, 4.69) is 27.7 Å². The number of hydrogen-bond acceptors (Lipinski definition) is 17. The van der Waals surface area contributed by atoms with Gasteiger partial charge in [-0.3, -0.25) is 24.0 Å². The number of alkyl halides is 4. The van der Waals surface area contributed by atoms with E-state index in [0.717, 1.165) is 69.6 Å². The number of hydrogen-bond donors (Lipinski definition) is 0. The molecule has 0 radical (unpaired) electrons. The standard InChI is InChI=1S/C22H30F4O7.C19H32O2.C18H26O6.C13H24O2.8CH4/c1-4-18(2,3)16(27)29-12-30-17(28)33-19-7-13-5-14(8-19)22(15(6-13)9-19)31-10-20(23,24)21(25,26)11-32-22;1-6-18(4,5)17(20)21-19(12(2)3)15-8-13-7-14(10-15)11-16(19)9-13;1-4-18(2,3)17(21)22-9-14(19)24-15-11-5-10-6-12(8-11)16(20)23-13(15)7-10;1-5-12(3,4)11(14)15-13(6-2)9-7-8-10-13;;;;;;;;/h13-15H,4-12H2,1-3H3;12-16H,6-11H2,1-5H3;10-13,15H,4-9H2,1-3H3;5-10H2,1-4H3;8*1H4. The lowest BCUT2D eigenvalue weighted by Gasteiger charge is -2.62. The van der Waals surface area contributed by atoms with Gasteiger partial charge in [0.2, 0.25) is 6.79 Å². The zero-order valence-electron chi connectivity index (χ0n) is 58.5. The van der Waals surface area contributed by atoms with Crippen molar-refractivity contribution >= 4 is 42.0 Å². The molecule has 14 fully saturated rings. The zero-order chi connectivity index (χ0) is 68.7. The van der Waals surface area contributed by atoms with Crippen molar-refractivity contribution in [2.75, 3.05) is 26.6 Å². The van der Waals surface area contributed by atoms with Crippen molar-refractivity contribution in [3.8, 4) is 0 Å². The molecule has 0 aromatic rings. The van der Waals surface area contributed by atoms with Crippen LogP contribution in [0.25, 0.3) is 0 Å². The van der Waals surface area contributed by atoms with Crippen molar-refractivity contribution in [2.45, 2.75) is 358 Å². The van der Waals surface area contributed by atoms with Gasteiger partial charge < -0.3 is 47.4 Å². The van der Waals surface area contributed by atoms with Crippen molar-refractivity contribution in [3.05, 3.63) is 0 Å². The van der Waals surface area contributed by atoms with Crippen molar-refractivity contribution in [1.82, 2.24) is 0 Å². The highest BCUT2D eigenvalue weighted by Gasteiger charge is 2.70. The van der Waals surface area contributed by atoms with Gasteiger partial charge in [0, 0.05) is 17.8 Å². The lowest BCUT2D eigenvalue weighted by atomic mass is 9.47. The third-order valence-corrected chi connectivity index (χ3v) is 24.7. The summed E-state index contributed by atoms with van der Waals surface area (Å²) < 4.78 is 110. The minimum atomic E-state index is -4.33. The van der Waals surface area contributed by atoms with Crippen LogP contribution in [0.15, 0.2) is 0 Å². The SMILES string of the molecule is C.C.C.C.C.C.C.C.CCC(C)(C)C(=O)OC1(C(C)C)C2CC3CC(C2)CC1C3.CCC(C)(C)C(=O)OCC(=O)OC1C2CC3CC(C2)C(=O)OC1C3.CCC(C)(C)C(=O)OCOC(=O)OC12CC3CC(C1)C1(OCC(F)(F)C(F)(F)CO1)C(C3)C2.CCC1(OC(=O)C(C)(C)CC)CCCC1. The molecule has 101 heavy (non-hydrogen) atoms. The van der Waals surface area contributed by atoms with Crippen LogP contribution in [0.2, 0.25) is 0 Å². The quantitative estimate of drug-likeness (QED) is 0.0540. The summed E-state index contributed by atoms with van der Waals surface area (Å²) in [6.45, 7) is 25.7. The van der Waals surface area contributed by atoms with Gasteiger partial charge in [-0.15, -0.1) is 0 Å². The molecule has 14 aliphatic rings. The lowest BCUT2D eigenvalue weighted by Crippen LogP contribution is -2.66. The van der Waals surface area contributed by atoms with Crippen LogP contribution in [0.3, 0.4) is 0 Å². The molecule has 0 aromatic heterocycles. The molecule has 594 valence electrons. The second-order valence-corrected chi connectivity index (χ2v) is 32.8. The second-order valence-electron chi connectivity index (χ2n) is 32.8. The first-order valence-electron chi connectivity index (χ1n) is 35.4. The fourth-order valence-corrected chi connectivity index (χ4v) is 17.5. The van der Waals surface area contributed by atoms with Crippen LogP contribution < -0.4 is 0 Å². The number of halogens is 4. The van der Waals surface area contributed by atoms with E-state index in [1.54, 1.807) is 27.7 Å². The molecule has 3 heterocycles. The van der Waals surface area contributed by atoms with E-state index in [1.165, 1.54) is 44.9 Å². The predicted octanol–water partition coefficient (Wildman–Crippen LogP) is 20.5. The first kappa shape index (κ1) is 96.7. The van der Waals surface area contributed by atoms with E-state index in [4.69, 9.17) is 47.4 Å². The van der Waals surface area contributed by atoms with Crippen LogP contribution in [0.1, 0.15) is 311 Å². The number of rotatable bonds is 18. The molecule has 12 bridgehead atoms. The maximum Gasteiger partial charge on any atom is 0.511 e. The maximum absolute atomic E-state index is 13.9. The predicted molar refractivity (Wildman–Crippen MR) is 387 cm³/mol. The summed E-state index contributed by atoms with van der Waals surface area (Å²) >= 11 is 0. The van der Waals surface area contributed by atoms with Crippen LogP contribution >= 0.6 is 0 Å². The lowest BCUT2D eigenvalue weighted by molar-refractivity contribution is -0.354. The summed E-state index contributed by atoms with van der Waals surface area (Å²) in [5.41, 5.74) is -3.24. The summed E-state index contributed by atoms with van der Waals surface area (Å²) in [5.74, 6) is -8.52. The molecule has 1 spiro atoms.